The number of aliphatic hydroxyl groups is 1. The summed E-state index contributed by atoms with van der Waals surface area (Å²) in [4.78, 5) is 6.24. The summed E-state index contributed by atoms with van der Waals surface area (Å²) < 4.78 is 0.983. The molecule has 1 N–H and O–H groups in total. The van der Waals surface area contributed by atoms with Gasteiger partial charge in [-0.2, -0.15) is 0 Å². The normalized spacial score (nSPS) is 17.7. The van der Waals surface area contributed by atoms with Crippen LogP contribution < -0.4 is 4.90 Å². The highest BCUT2D eigenvalue weighted by Crippen LogP contribution is 2.26. The molecule has 0 atom stereocenters. The average molecular weight is 229 g/mol. The molecule has 0 unspecified atom stereocenters. The zero-order chi connectivity index (χ0) is 8.55. The van der Waals surface area contributed by atoms with E-state index < -0.39 is 0 Å². The van der Waals surface area contributed by atoms with Gasteiger partial charge in [0.05, 0.1) is 10.6 Å². The predicted octanol–water partition coefficient (Wildman–Crippen LogP) is 1.02. The molecule has 0 aromatic carbocycles. The molecule has 0 radical (unpaired) electrons. The van der Waals surface area contributed by atoms with Crippen molar-refractivity contribution in [2.45, 2.75) is 6.10 Å². The largest absolute Gasteiger partial charge is 0.389 e. The molecule has 0 saturated carbocycles. The molecular formula is C8H9BrN2O. The molecule has 1 aliphatic rings. The summed E-state index contributed by atoms with van der Waals surface area (Å²) in [5.74, 6) is 0.919. The van der Waals surface area contributed by atoms with Gasteiger partial charge in [-0.1, -0.05) is 0 Å². The third-order valence-corrected chi connectivity index (χ3v) is 2.52. The van der Waals surface area contributed by atoms with Crippen LogP contribution in [-0.2, 0) is 0 Å². The third kappa shape index (κ3) is 1.32. The Balaban J connectivity index is 2.18. The first-order valence-corrected chi connectivity index (χ1v) is 4.60. The molecule has 0 spiro atoms. The summed E-state index contributed by atoms with van der Waals surface area (Å²) in [6.45, 7) is 1.38. The first kappa shape index (κ1) is 8.01. The fourth-order valence-electron chi connectivity index (χ4n) is 1.24. The van der Waals surface area contributed by atoms with E-state index >= 15 is 0 Å². The number of nitrogens with zero attached hydrogens (tertiary/aromatic N) is 2. The minimum atomic E-state index is -0.182. The lowest BCUT2D eigenvalue weighted by molar-refractivity contribution is 0.141. The number of β-amino-alcohol motifs (C(OH)–C–C–N with tert-alkyl or cyclic N) is 1. The number of aromatic nitrogens is 1. The van der Waals surface area contributed by atoms with Crippen molar-refractivity contribution in [1.29, 1.82) is 0 Å². The highest BCUT2D eigenvalue weighted by molar-refractivity contribution is 9.10. The molecule has 1 aliphatic heterocycles. The first-order valence-electron chi connectivity index (χ1n) is 3.81. The van der Waals surface area contributed by atoms with E-state index in [1.54, 1.807) is 6.20 Å². The lowest BCUT2D eigenvalue weighted by Gasteiger charge is -2.37. The number of hydrogen-bond donors (Lipinski definition) is 1. The van der Waals surface area contributed by atoms with Crippen LogP contribution in [0.25, 0.3) is 0 Å². The van der Waals surface area contributed by atoms with Crippen LogP contribution in [0.5, 0.6) is 0 Å². The van der Waals surface area contributed by atoms with Gasteiger partial charge in [0.1, 0.15) is 5.82 Å². The molecule has 0 bridgehead atoms. The highest BCUT2D eigenvalue weighted by atomic mass is 79.9. The summed E-state index contributed by atoms with van der Waals surface area (Å²) in [5.41, 5.74) is 0. The van der Waals surface area contributed by atoms with Crippen LogP contribution in [0, 0.1) is 0 Å². The fraction of sp³-hybridized carbons (Fsp3) is 0.375. The molecular weight excluding hydrogens is 220 g/mol. The molecule has 1 saturated heterocycles. The van der Waals surface area contributed by atoms with Crippen molar-refractivity contribution in [2.75, 3.05) is 18.0 Å². The maximum Gasteiger partial charge on any atom is 0.143 e. The van der Waals surface area contributed by atoms with Gasteiger partial charge in [0, 0.05) is 19.3 Å². The smallest absolute Gasteiger partial charge is 0.143 e. The van der Waals surface area contributed by atoms with Crippen molar-refractivity contribution >= 4 is 21.7 Å². The molecule has 0 amide bonds. The zero-order valence-electron chi connectivity index (χ0n) is 6.44. The molecule has 1 aromatic rings. The van der Waals surface area contributed by atoms with Crippen LogP contribution >= 0.6 is 15.9 Å². The van der Waals surface area contributed by atoms with Crippen molar-refractivity contribution in [3.8, 4) is 0 Å². The Morgan fingerprint density at radius 3 is 2.92 bits per heavy atom. The van der Waals surface area contributed by atoms with Crippen molar-refractivity contribution in [1.82, 2.24) is 4.98 Å². The average Bonchev–Trinajstić information content (AvgIpc) is 2.01. The number of pyridine rings is 1. The lowest BCUT2D eigenvalue weighted by Crippen LogP contribution is -2.51. The molecule has 2 rings (SSSR count). The second kappa shape index (κ2) is 3.03. The Morgan fingerprint density at radius 2 is 2.33 bits per heavy atom. The molecule has 3 nitrogen and oxygen atoms in total. The van der Waals surface area contributed by atoms with Gasteiger partial charge < -0.3 is 10.0 Å². The van der Waals surface area contributed by atoms with E-state index in [2.05, 4.69) is 20.9 Å². The Kier molecular flexibility index (Phi) is 2.02. The standard InChI is InChI=1S/C8H9BrN2O/c9-7-2-1-3-10-8(7)11-4-6(12)5-11/h1-3,6,12H,4-5H2. The minimum Gasteiger partial charge on any atom is -0.389 e. The van der Waals surface area contributed by atoms with Gasteiger partial charge in [-0.05, 0) is 28.1 Å². The predicted molar refractivity (Wildman–Crippen MR) is 50.2 cm³/mol. The Labute approximate surface area is 79.2 Å². The Morgan fingerprint density at radius 1 is 1.58 bits per heavy atom. The SMILES string of the molecule is OC1CN(c2ncccc2Br)C1. The van der Waals surface area contributed by atoms with Gasteiger partial charge in [0.25, 0.3) is 0 Å². The van der Waals surface area contributed by atoms with Gasteiger partial charge in [-0.3, -0.25) is 0 Å². The monoisotopic (exact) mass is 228 g/mol. The summed E-state index contributed by atoms with van der Waals surface area (Å²) in [7, 11) is 0. The van der Waals surface area contributed by atoms with Gasteiger partial charge in [-0.25, -0.2) is 4.98 Å². The summed E-state index contributed by atoms with van der Waals surface area (Å²) in [5, 5.41) is 9.09. The zero-order valence-corrected chi connectivity index (χ0v) is 8.03. The quantitative estimate of drug-likeness (QED) is 0.781. The summed E-state index contributed by atoms with van der Waals surface area (Å²) >= 11 is 3.41. The highest BCUT2D eigenvalue weighted by Gasteiger charge is 2.26. The van der Waals surface area contributed by atoms with Crippen LogP contribution in [0.2, 0.25) is 0 Å². The number of anilines is 1. The Hall–Kier alpha value is -0.610. The van der Waals surface area contributed by atoms with Crippen LogP contribution in [0.3, 0.4) is 0 Å². The second-order valence-corrected chi connectivity index (χ2v) is 3.72. The third-order valence-electron chi connectivity index (χ3n) is 1.90. The van der Waals surface area contributed by atoms with E-state index in [1.807, 2.05) is 17.0 Å². The number of rotatable bonds is 1. The van der Waals surface area contributed by atoms with Gasteiger partial charge in [0.2, 0.25) is 0 Å². The van der Waals surface area contributed by atoms with Crippen molar-refractivity contribution in [3.63, 3.8) is 0 Å². The van der Waals surface area contributed by atoms with E-state index in [0.717, 1.165) is 10.3 Å². The van der Waals surface area contributed by atoms with E-state index in [9.17, 15) is 0 Å². The van der Waals surface area contributed by atoms with E-state index in [0.29, 0.717) is 13.1 Å². The molecule has 4 heteroatoms. The van der Waals surface area contributed by atoms with Gasteiger partial charge >= 0.3 is 0 Å². The van der Waals surface area contributed by atoms with Crippen LogP contribution in [0.15, 0.2) is 22.8 Å². The maximum absolute atomic E-state index is 9.09. The van der Waals surface area contributed by atoms with E-state index in [-0.39, 0.29) is 6.10 Å². The second-order valence-electron chi connectivity index (χ2n) is 2.87. The van der Waals surface area contributed by atoms with Crippen molar-refractivity contribution in [2.24, 2.45) is 0 Å². The van der Waals surface area contributed by atoms with Crippen LogP contribution in [0.4, 0.5) is 5.82 Å². The minimum absolute atomic E-state index is 0.182. The number of aliphatic hydroxyl groups excluding tert-OH is 1. The van der Waals surface area contributed by atoms with Gasteiger partial charge in [-0.15, -0.1) is 0 Å². The first-order chi connectivity index (χ1) is 5.77. The summed E-state index contributed by atoms with van der Waals surface area (Å²) in [6, 6.07) is 3.83. The molecule has 2 heterocycles. The molecule has 1 fully saturated rings. The maximum atomic E-state index is 9.09. The van der Waals surface area contributed by atoms with E-state index in [4.69, 9.17) is 5.11 Å². The Bertz CT molecular complexity index is 286. The molecule has 0 aliphatic carbocycles. The molecule has 64 valence electrons. The van der Waals surface area contributed by atoms with E-state index in [1.165, 1.54) is 0 Å². The topological polar surface area (TPSA) is 36.4 Å². The number of halogens is 1. The van der Waals surface area contributed by atoms with Crippen LogP contribution in [-0.4, -0.2) is 29.3 Å². The van der Waals surface area contributed by atoms with Crippen molar-refractivity contribution in [3.05, 3.63) is 22.8 Å². The fourth-order valence-corrected chi connectivity index (χ4v) is 1.74. The summed E-state index contributed by atoms with van der Waals surface area (Å²) in [6.07, 6.45) is 1.57. The lowest BCUT2D eigenvalue weighted by atomic mass is 10.2. The molecule has 12 heavy (non-hydrogen) atoms. The number of hydrogen-bond acceptors (Lipinski definition) is 3. The van der Waals surface area contributed by atoms with Gasteiger partial charge in [0.15, 0.2) is 0 Å². The van der Waals surface area contributed by atoms with Crippen molar-refractivity contribution < 1.29 is 5.11 Å². The molecule has 1 aromatic heterocycles. The van der Waals surface area contributed by atoms with Crippen LogP contribution in [0.1, 0.15) is 0 Å².